The van der Waals surface area contributed by atoms with Crippen LogP contribution < -0.4 is 0 Å². The Kier molecular flexibility index (Phi) is 4.45. The quantitative estimate of drug-likeness (QED) is 0.623. The molecule has 1 aromatic rings. The highest BCUT2D eigenvalue weighted by Crippen LogP contribution is 2.10. The number of rotatable bonds is 4. The Balaban J connectivity index is 2.52. The van der Waals surface area contributed by atoms with Crippen molar-refractivity contribution in [2.24, 2.45) is 0 Å². The van der Waals surface area contributed by atoms with E-state index in [4.69, 9.17) is 0 Å². The van der Waals surface area contributed by atoms with Crippen LogP contribution in [0.25, 0.3) is 0 Å². The fraction of sp³-hybridized carbons (Fsp3) is 0.429. The fourth-order valence-corrected chi connectivity index (χ4v) is 1.43. The van der Waals surface area contributed by atoms with Crippen LogP contribution in [0.2, 0.25) is 0 Å². The third-order valence-corrected chi connectivity index (χ3v) is 2.73. The highest BCUT2D eigenvalue weighted by molar-refractivity contribution is 5.23. The summed E-state index contributed by atoms with van der Waals surface area (Å²) in [4.78, 5) is 0. The summed E-state index contributed by atoms with van der Waals surface area (Å²) < 4.78 is 0. The van der Waals surface area contributed by atoms with E-state index in [-0.39, 0.29) is 0 Å². The Morgan fingerprint density at radius 2 is 1.71 bits per heavy atom. The van der Waals surface area contributed by atoms with Gasteiger partial charge in [0, 0.05) is 0 Å². The maximum Gasteiger partial charge on any atom is -0.0242 e. The molecule has 0 N–H and O–H groups in total. The number of allylic oxidation sites excluding steroid dienone is 2. The summed E-state index contributed by atoms with van der Waals surface area (Å²) in [6.45, 7) is 6.49. The topological polar surface area (TPSA) is 0 Å². The van der Waals surface area contributed by atoms with Gasteiger partial charge >= 0.3 is 0 Å². The molecule has 0 saturated heterocycles. The Morgan fingerprint density at radius 3 is 2.21 bits per heavy atom. The van der Waals surface area contributed by atoms with Crippen molar-refractivity contribution in [2.75, 3.05) is 0 Å². The predicted octanol–water partition coefficient (Wildman–Crippen LogP) is 4.15. The minimum absolute atomic E-state index is 1.13. The zero-order valence-electron chi connectivity index (χ0n) is 9.51. The third kappa shape index (κ3) is 3.37. The first kappa shape index (κ1) is 11.0. The average Bonchev–Trinajstić information content (AvgIpc) is 2.26. The molecule has 0 aliphatic rings. The van der Waals surface area contributed by atoms with Gasteiger partial charge in [-0.2, -0.15) is 0 Å². The van der Waals surface area contributed by atoms with Crippen LogP contribution in [0.4, 0.5) is 0 Å². The first-order chi connectivity index (χ1) is 6.76. The van der Waals surface area contributed by atoms with E-state index in [0.717, 1.165) is 6.42 Å². The van der Waals surface area contributed by atoms with E-state index in [1.165, 1.54) is 29.5 Å². The Labute approximate surface area is 87.7 Å². The highest BCUT2D eigenvalue weighted by atomic mass is 14.0. The standard InChI is InChI=1S/C14H20/c1-4-12(3)6-7-14-10-8-13(5-2)9-11-14/h4,8-11H,5-7H2,1-3H3/b12-4+. The van der Waals surface area contributed by atoms with E-state index in [1.807, 2.05) is 0 Å². The van der Waals surface area contributed by atoms with Gasteiger partial charge in [-0.15, -0.1) is 0 Å². The lowest BCUT2D eigenvalue weighted by Gasteiger charge is -2.03. The third-order valence-electron chi connectivity index (χ3n) is 2.73. The molecular weight excluding hydrogens is 168 g/mol. The van der Waals surface area contributed by atoms with Gasteiger partial charge in [-0.3, -0.25) is 0 Å². The molecule has 0 aliphatic carbocycles. The summed E-state index contributed by atoms with van der Waals surface area (Å²) in [5.41, 5.74) is 4.35. The van der Waals surface area contributed by atoms with Crippen LogP contribution in [0, 0.1) is 0 Å². The normalized spacial score (nSPS) is 11.8. The lowest BCUT2D eigenvalue weighted by Crippen LogP contribution is -1.87. The van der Waals surface area contributed by atoms with Gasteiger partial charge < -0.3 is 0 Å². The molecule has 0 radical (unpaired) electrons. The van der Waals surface area contributed by atoms with Crippen molar-refractivity contribution in [3.63, 3.8) is 0 Å². The molecule has 0 unspecified atom stereocenters. The van der Waals surface area contributed by atoms with Gasteiger partial charge in [-0.25, -0.2) is 0 Å². The summed E-state index contributed by atoms with van der Waals surface area (Å²) in [5, 5.41) is 0. The second-order valence-electron chi connectivity index (χ2n) is 3.81. The minimum atomic E-state index is 1.13. The lowest BCUT2D eigenvalue weighted by molar-refractivity contribution is 0.936. The largest absolute Gasteiger partial charge is 0.0887 e. The van der Waals surface area contributed by atoms with Crippen LogP contribution in [0.15, 0.2) is 35.9 Å². The van der Waals surface area contributed by atoms with Crippen LogP contribution in [-0.4, -0.2) is 0 Å². The van der Waals surface area contributed by atoms with E-state index in [2.05, 4.69) is 51.1 Å². The minimum Gasteiger partial charge on any atom is -0.0887 e. The van der Waals surface area contributed by atoms with Gasteiger partial charge in [-0.1, -0.05) is 42.8 Å². The molecule has 0 atom stereocenters. The molecule has 0 aromatic heterocycles. The Bertz CT molecular complexity index is 290. The van der Waals surface area contributed by atoms with Crippen molar-refractivity contribution in [1.29, 1.82) is 0 Å². The molecule has 0 fully saturated rings. The van der Waals surface area contributed by atoms with E-state index in [1.54, 1.807) is 0 Å². The van der Waals surface area contributed by atoms with Gasteiger partial charge in [-0.05, 0) is 44.2 Å². The first-order valence-electron chi connectivity index (χ1n) is 5.46. The van der Waals surface area contributed by atoms with Gasteiger partial charge in [0.2, 0.25) is 0 Å². The zero-order valence-corrected chi connectivity index (χ0v) is 9.51. The molecular formula is C14H20. The van der Waals surface area contributed by atoms with Crippen LogP contribution in [-0.2, 0) is 12.8 Å². The van der Waals surface area contributed by atoms with Crippen LogP contribution in [0.3, 0.4) is 0 Å². The van der Waals surface area contributed by atoms with E-state index < -0.39 is 0 Å². The molecule has 0 heteroatoms. The van der Waals surface area contributed by atoms with Crippen molar-refractivity contribution >= 4 is 0 Å². The second-order valence-corrected chi connectivity index (χ2v) is 3.81. The smallest absolute Gasteiger partial charge is 0.0242 e. The maximum atomic E-state index is 2.25. The van der Waals surface area contributed by atoms with Crippen LogP contribution in [0.1, 0.15) is 38.3 Å². The van der Waals surface area contributed by atoms with Gasteiger partial charge in [0.05, 0.1) is 0 Å². The summed E-state index contributed by atoms with van der Waals surface area (Å²) in [5.74, 6) is 0. The molecule has 0 spiro atoms. The predicted molar refractivity (Wildman–Crippen MR) is 63.6 cm³/mol. The monoisotopic (exact) mass is 188 g/mol. The van der Waals surface area contributed by atoms with Crippen molar-refractivity contribution in [2.45, 2.75) is 40.0 Å². The molecule has 76 valence electrons. The van der Waals surface area contributed by atoms with Gasteiger partial charge in [0.15, 0.2) is 0 Å². The summed E-state index contributed by atoms with van der Waals surface area (Å²) in [6, 6.07) is 8.98. The second kappa shape index (κ2) is 5.64. The fourth-order valence-electron chi connectivity index (χ4n) is 1.43. The molecule has 0 heterocycles. The zero-order chi connectivity index (χ0) is 10.4. The number of aryl methyl sites for hydroxylation is 2. The SMILES string of the molecule is C/C=C(\C)CCc1ccc(CC)cc1. The number of hydrogen-bond donors (Lipinski definition) is 0. The lowest BCUT2D eigenvalue weighted by atomic mass is 10.0. The molecule has 0 amide bonds. The van der Waals surface area contributed by atoms with Crippen LogP contribution in [0.5, 0.6) is 0 Å². The van der Waals surface area contributed by atoms with E-state index in [9.17, 15) is 0 Å². The molecule has 1 aromatic carbocycles. The van der Waals surface area contributed by atoms with E-state index in [0.29, 0.717) is 0 Å². The molecule has 0 bridgehead atoms. The molecule has 1 rings (SSSR count). The summed E-state index contributed by atoms with van der Waals surface area (Å²) >= 11 is 0. The van der Waals surface area contributed by atoms with Gasteiger partial charge in [0.25, 0.3) is 0 Å². The molecule has 0 nitrogen and oxygen atoms in total. The van der Waals surface area contributed by atoms with Gasteiger partial charge in [0.1, 0.15) is 0 Å². The Morgan fingerprint density at radius 1 is 1.14 bits per heavy atom. The van der Waals surface area contributed by atoms with Crippen molar-refractivity contribution in [3.05, 3.63) is 47.0 Å². The average molecular weight is 188 g/mol. The van der Waals surface area contributed by atoms with Crippen molar-refractivity contribution < 1.29 is 0 Å². The molecule has 14 heavy (non-hydrogen) atoms. The number of benzene rings is 1. The van der Waals surface area contributed by atoms with Crippen molar-refractivity contribution in [3.8, 4) is 0 Å². The maximum absolute atomic E-state index is 2.25. The highest BCUT2D eigenvalue weighted by Gasteiger charge is 1.94. The Hall–Kier alpha value is -1.04. The number of hydrogen-bond acceptors (Lipinski definition) is 0. The summed E-state index contributed by atoms with van der Waals surface area (Å²) in [7, 11) is 0. The van der Waals surface area contributed by atoms with Crippen LogP contribution >= 0.6 is 0 Å². The molecule has 0 saturated carbocycles. The van der Waals surface area contributed by atoms with Crippen molar-refractivity contribution in [1.82, 2.24) is 0 Å². The summed E-state index contributed by atoms with van der Waals surface area (Å²) in [6.07, 6.45) is 5.68. The molecule has 0 aliphatic heterocycles. The first-order valence-corrected chi connectivity index (χ1v) is 5.46. The van der Waals surface area contributed by atoms with E-state index >= 15 is 0 Å².